The molecule has 168 valence electrons. The third-order valence-corrected chi connectivity index (χ3v) is 5.98. The highest BCUT2D eigenvalue weighted by atomic mass is 16.5. The van der Waals surface area contributed by atoms with Crippen molar-refractivity contribution in [1.82, 2.24) is 15.1 Å². The number of H-pyrrole nitrogens is 1. The smallest absolute Gasteiger partial charge is 0.273 e. The van der Waals surface area contributed by atoms with Gasteiger partial charge in [0, 0.05) is 16.7 Å². The van der Waals surface area contributed by atoms with E-state index in [2.05, 4.69) is 88.1 Å². The highest BCUT2D eigenvalue weighted by Gasteiger charge is 2.46. The van der Waals surface area contributed by atoms with Crippen molar-refractivity contribution in [3.05, 3.63) is 70.9 Å². The molecule has 0 bridgehead atoms. The summed E-state index contributed by atoms with van der Waals surface area (Å²) in [7, 11) is 0. The minimum atomic E-state index is -0.349. The fourth-order valence-electron chi connectivity index (χ4n) is 4.24. The molecule has 1 unspecified atom stereocenters. The quantitative estimate of drug-likeness (QED) is 0.509. The van der Waals surface area contributed by atoms with Crippen LogP contribution in [-0.2, 0) is 0 Å². The Morgan fingerprint density at radius 2 is 1.72 bits per heavy atom. The summed E-state index contributed by atoms with van der Waals surface area (Å²) in [5, 5.41) is 7.59. The van der Waals surface area contributed by atoms with Crippen LogP contribution in [-0.4, -0.2) is 33.2 Å². The molecule has 0 aliphatic carbocycles. The van der Waals surface area contributed by atoms with Crippen LogP contribution >= 0.6 is 0 Å². The number of rotatable bonds is 6. The van der Waals surface area contributed by atoms with E-state index in [4.69, 9.17) is 4.74 Å². The number of hydrogen-bond acceptors (Lipinski definition) is 3. The number of amides is 1. The fraction of sp³-hybridized carbons (Fsp3) is 0.407. The first kappa shape index (κ1) is 22.1. The topological polar surface area (TPSA) is 58.2 Å². The van der Waals surface area contributed by atoms with Crippen LogP contribution in [0.25, 0.3) is 11.3 Å². The van der Waals surface area contributed by atoms with E-state index in [0.29, 0.717) is 18.2 Å². The summed E-state index contributed by atoms with van der Waals surface area (Å²) < 4.78 is 5.91. The number of aromatic nitrogens is 2. The second kappa shape index (κ2) is 8.45. The van der Waals surface area contributed by atoms with Crippen LogP contribution in [0.1, 0.15) is 74.3 Å². The van der Waals surface area contributed by atoms with Crippen LogP contribution in [0.5, 0.6) is 5.75 Å². The normalized spacial score (nSPS) is 16.0. The lowest BCUT2D eigenvalue weighted by molar-refractivity contribution is 0.0546. The van der Waals surface area contributed by atoms with Gasteiger partial charge in [-0.15, -0.1) is 0 Å². The van der Waals surface area contributed by atoms with E-state index in [1.54, 1.807) is 0 Å². The van der Waals surface area contributed by atoms with Crippen LogP contribution < -0.4 is 4.74 Å². The number of nitrogens with one attached hydrogen (secondary N) is 1. The van der Waals surface area contributed by atoms with Crippen molar-refractivity contribution in [3.8, 4) is 17.0 Å². The maximum Gasteiger partial charge on any atom is 0.273 e. The summed E-state index contributed by atoms with van der Waals surface area (Å²) >= 11 is 0. The maximum absolute atomic E-state index is 13.4. The molecule has 5 heteroatoms. The molecule has 4 rings (SSSR count). The lowest BCUT2D eigenvalue weighted by atomic mass is 9.93. The Morgan fingerprint density at radius 3 is 2.31 bits per heavy atom. The van der Waals surface area contributed by atoms with Crippen LogP contribution in [0.3, 0.4) is 0 Å². The minimum Gasteiger partial charge on any atom is -0.494 e. The summed E-state index contributed by atoms with van der Waals surface area (Å²) in [6.07, 6.45) is 1.02. The molecule has 32 heavy (non-hydrogen) atoms. The molecule has 2 heterocycles. The van der Waals surface area contributed by atoms with Crippen molar-refractivity contribution in [2.24, 2.45) is 5.92 Å². The number of hydrogen-bond donors (Lipinski definition) is 1. The second-order valence-electron chi connectivity index (χ2n) is 10.1. The van der Waals surface area contributed by atoms with Crippen molar-refractivity contribution in [1.29, 1.82) is 0 Å². The van der Waals surface area contributed by atoms with Crippen LogP contribution in [0.2, 0.25) is 0 Å². The number of benzene rings is 2. The number of carbonyl (C=O) groups excluding carboxylic acids is 1. The molecule has 0 saturated carbocycles. The van der Waals surface area contributed by atoms with Crippen LogP contribution in [0.15, 0.2) is 48.5 Å². The van der Waals surface area contributed by atoms with Gasteiger partial charge in [-0.3, -0.25) is 9.89 Å². The number of aromatic amines is 1. The zero-order valence-electron chi connectivity index (χ0n) is 19.9. The number of nitrogens with zero attached hydrogens (tertiary/aromatic N) is 2. The third-order valence-electron chi connectivity index (χ3n) is 5.98. The average molecular weight is 432 g/mol. The van der Waals surface area contributed by atoms with Gasteiger partial charge in [0.15, 0.2) is 0 Å². The van der Waals surface area contributed by atoms with E-state index in [0.717, 1.165) is 34.6 Å². The van der Waals surface area contributed by atoms with Gasteiger partial charge in [0.05, 0.1) is 18.3 Å². The monoisotopic (exact) mass is 431 g/mol. The van der Waals surface area contributed by atoms with E-state index in [-0.39, 0.29) is 17.5 Å². The van der Waals surface area contributed by atoms with Gasteiger partial charge >= 0.3 is 0 Å². The van der Waals surface area contributed by atoms with Gasteiger partial charge in [0.1, 0.15) is 11.4 Å². The standard InChI is InChI=1S/C27H33N3O2/c1-17(2)15-16-32-21-13-11-20(12-14-21)25-22-23(19-9-7-18(3)8-10-19)28-29-24(22)26(31)30(25)27(4,5)6/h7-14,17,25H,15-16H2,1-6H3,(H,28,29). The Morgan fingerprint density at radius 1 is 1.06 bits per heavy atom. The summed E-state index contributed by atoms with van der Waals surface area (Å²) in [6.45, 7) is 13.4. The maximum atomic E-state index is 13.4. The molecule has 0 radical (unpaired) electrons. The molecule has 1 N–H and O–H groups in total. The van der Waals surface area contributed by atoms with E-state index in [9.17, 15) is 4.79 Å². The lowest BCUT2D eigenvalue weighted by Gasteiger charge is -2.37. The zero-order chi connectivity index (χ0) is 23.0. The molecule has 2 aromatic carbocycles. The highest BCUT2D eigenvalue weighted by Crippen LogP contribution is 2.46. The minimum absolute atomic E-state index is 0.0133. The van der Waals surface area contributed by atoms with E-state index < -0.39 is 0 Å². The molecule has 1 aromatic heterocycles. The summed E-state index contributed by atoms with van der Waals surface area (Å²) in [5.74, 6) is 1.45. The molecule has 0 saturated heterocycles. The second-order valence-corrected chi connectivity index (χ2v) is 10.1. The Bertz CT molecular complexity index is 1090. The largest absolute Gasteiger partial charge is 0.494 e. The van der Waals surface area contributed by atoms with E-state index in [1.807, 2.05) is 17.0 Å². The molecule has 5 nitrogen and oxygen atoms in total. The van der Waals surface area contributed by atoms with Crippen molar-refractivity contribution in [3.63, 3.8) is 0 Å². The number of aryl methyl sites for hydroxylation is 1. The molecular formula is C27H33N3O2. The Kier molecular flexibility index (Phi) is 5.85. The zero-order valence-corrected chi connectivity index (χ0v) is 19.9. The van der Waals surface area contributed by atoms with Crippen LogP contribution in [0, 0.1) is 12.8 Å². The van der Waals surface area contributed by atoms with Gasteiger partial charge in [-0.1, -0.05) is 55.8 Å². The average Bonchev–Trinajstić information content (AvgIpc) is 3.28. The Labute approximate surface area is 190 Å². The van der Waals surface area contributed by atoms with Gasteiger partial charge in [-0.2, -0.15) is 5.10 Å². The first-order valence-corrected chi connectivity index (χ1v) is 11.4. The molecule has 1 atom stereocenters. The van der Waals surface area contributed by atoms with Crippen LogP contribution in [0.4, 0.5) is 0 Å². The molecule has 1 aliphatic heterocycles. The SMILES string of the molecule is Cc1ccc(-c2n[nH]c3c2C(c2ccc(OCCC(C)C)cc2)N(C(C)(C)C)C3=O)cc1. The fourth-order valence-corrected chi connectivity index (χ4v) is 4.24. The summed E-state index contributed by atoms with van der Waals surface area (Å²) in [4.78, 5) is 15.4. The van der Waals surface area contributed by atoms with Crippen molar-refractivity contribution < 1.29 is 9.53 Å². The van der Waals surface area contributed by atoms with Crippen molar-refractivity contribution in [2.45, 2.75) is 59.5 Å². The Balaban J connectivity index is 1.74. The molecule has 3 aromatic rings. The predicted molar refractivity (Wildman–Crippen MR) is 128 cm³/mol. The Hall–Kier alpha value is -3.08. The molecule has 1 aliphatic rings. The summed E-state index contributed by atoms with van der Waals surface area (Å²) in [5.41, 5.74) is 5.27. The number of fused-ring (bicyclic) bond motifs is 1. The van der Waals surface area contributed by atoms with Gasteiger partial charge in [0.2, 0.25) is 0 Å². The lowest BCUT2D eigenvalue weighted by Crippen LogP contribution is -2.44. The molecular weight excluding hydrogens is 398 g/mol. The molecule has 0 fully saturated rings. The number of ether oxygens (including phenoxy) is 1. The number of carbonyl (C=O) groups is 1. The van der Waals surface area contributed by atoms with Crippen molar-refractivity contribution in [2.75, 3.05) is 6.61 Å². The summed E-state index contributed by atoms with van der Waals surface area (Å²) in [6, 6.07) is 16.2. The van der Waals surface area contributed by atoms with Crippen molar-refractivity contribution >= 4 is 5.91 Å². The van der Waals surface area contributed by atoms with E-state index in [1.165, 1.54) is 5.56 Å². The third kappa shape index (κ3) is 4.16. The van der Waals surface area contributed by atoms with Gasteiger partial charge in [-0.25, -0.2) is 0 Å². The van der Waals surface area contributed by atoms with Gasteiger partial charge in [0.25, 0.3) is 5.91 Å². The first-order chi connectivity index (χ1) is 15.2. The van der Waals surface area contributed by atoms with Gasteiger partial charge < -0.3 is 9.64 Å². The van der Waals surface area contributed by atoms with Gasteiger partial charge in [-0.05, 0) is 57.7 Å². The van der Waals surface area contributed by atoms with E-state index >= 15 is 0 Å². The first-order valence-electron chi connectivity index (χ1n) is 11.4. The molecule has 1 amide bonds. The highest BCUT2D eigenvalue weighted by molar-refractivity contribution is 6.00. The molecule has 0 spiro atoms. The predicted octanol–water partition coefficient (Wildman–Crippen LogP) is 6.15.